The fourth-order valence-corrected chi connectivity index (χ4v) is 8.55. The lowest BCUT2D eigenvalue weighted by Crippen LogP contribution is -2.46. The van der Waals surface area contributed by atoms with Gasteiger partial charge in [-0.3, -0.25) is 32.9 Å². The van der Waals surface area contributed by atoms with Crippen LogP contribution in [0.15, 0.2) is 12.7 Å². The summed E-state index contributed by atoms with van der Waals surface area (Å²) < 4.78 is 64.8. The van der Waals surface area contributed by atoms with E-state index in [-0.39, 0.29) is 47.6 Å². The van der Waals surface area contributed by atoms with Gasteiger partial charge >= 0.3 is 5.97 Å². The SMILES string of the molecule is CCCCC(=O)OC.CCCCC(=O)SCCNC(=O)CCNC(=O)C(O)C(C)(C)COP(=O)([O-])OP(=O)([O-])OCC1OC(n2cnc3c(N)ncnc32)C(O)C1OP(=O)([O-])[O-].CO. The van der Waals surface area contributed by atoms with Gasteiger partial charge in [-0.15, -0.1) is 0 Å². The molecule has 2 amide bonds. The summed E-state index contributed by atoms with van der Waals surface area (Å²) in [5.41, 5.74) is 4.07. The zero-order valence-electron chi connectivity index (χ0n) is 35.9. The number of imidazole rings is 1. The summed E-state index contributed by atoms with van der Waals surface area (Å²) in [6, 6.07) is 0. The molecule has 0 aliphatic carbocycles. The number of ether oxygens (including phenoxy) is 2. The molecule has 0 aromatic carbocycles. The number of thioether (sulfide) groups is 1. The van der Waals surface area contributed by atoms with Gasteiger partial charge in [-0.1, -0.05) is 52.3 Å². The van der Waals surface area contributed by atoms with Crippen LogP contribution in [0.25, 0.3) is 11.2 Å². The first-order chi connectivity index (χ1) is 29.9. The number of carbonyl (C=O) groups is 4. The summed E-state index contributed by atoms with van der Waals surface area (Å²) in [5.74, 6) is -1.26. The van der Waals surface area contributed by atoms with E-state index in [9.17, 15) is 62.7 Å². The molecule has 1 aliphatic rings. The minimum absolute atomic E-state index is 0.0200. The number of unbranched alkanes of at least 4 members (excludes halogenated alkanes) is 2. The molecule has 31 heteroatoms. The van der Waals surface area contributed by atoms with E-state index >= 15 is 0 Å². The highest BCUT2D eigenvalue weighted by molar-refractivity contribution is 8.13. The molecule has 1 aliphatic heterocycles. The number of phosphoric ester groups is 3. The summed E-state index contributed by atoms with van der Waals surface area (Å²) in [5, 5.41) is 33.2. The minimum atomic E-state index is -5.91. The molecule has 0 spiro atoms. The third-order valence-corrected chi connectivity index (χ3v) is 12.4. The molecule has 0 bridgehead atoms. The third kappa shape index (κ3) is 21.1. The van der Waals surface area contributed by atoms with Crippen LogP contribution in [0.1, 0.15) is 78.9 Å². The number of anilines is 1. The number of phosphoric acid groups is 3. The molecule has 27 nitrogen and oxygen atoms in total. The van der Waals surface area contributed by atoms with E-state index in [0.717, 1.165) is 61.8 Å². The lowest BCUT2D eigenvalue weighted by Gasteiger charge is -2.36. The molecule has 2 aromatic heterocycles. The fraction of sp³-hybridized carbons (Fsp3) is 0.727. The first-order valence-corrected chi connectivity index (χ1v) is 24.7. The molecule has 64 heavy (non-hydrogen) atoms. The molecular formula is C33H56N7O20P3S-4. The Balaban J connectivity index is 0.00000184. The Labute approximate surface area is 373 Å². The van der Waals surface area contributed by atoms with Crippen LogP contribution in [0, 0.1) is 5.41 Å². The molecule has 0 radical (unpaired) electrons. The van der Waals surface area contributed by atoms with Crippen LogP contribution < -0.4 is 35.9 Å². The Kier molecular flexibility index (Phi) is 26.0. The summed E-state index contributed by atoms with van der Waals surface area (Å²) in [7, 11) is -15.2. The van der Waals surface area contributed by atoms with E-state index in [1.807, 2.05) is 13.8 Å². The van der Waals surface area contributed by atoms with Gasteiger partial charge in [0, 0.05) is 50.6 Å². The fourth-order valence-electron chi connectivity index (χ4n) is 5.09. The van der Waals surface area contributed by atoms with Gasteiger partial charge in [-0.2, -0.15) is 0 Å². The molecule has 7 N–H and O–H groups in total. The van der Waals surface area contributed by atoms with E-state index in [1.165, 1.54) is 21.0 Å². The standard InChI is InChI=1S/C26H44N7O17P3S.C6H12O2.CH4O/c1-4-5-6-17(35)54-10-9-28-16(34)7-8-29-24(38)21(37)26(2,3)12-47-53(44,45)50-52(42,43)46-11-15-20(49-51(39,40)41)19(36)25(48-15)33-14-32-18-22(27)30-13-31-23(18)33;1-3-4-5-6(7)8-2;1-2/h13-15,19-21,25,36-37H,4-12H2,1-3H3,(H,28,34)(H,29,38)(H,42,43)(H,44,45)(H2,27,30,31)(H2,39,40,41);3-5H2,1-2H3;2H,1H3/p-4. The highest BCUT2D eigenvalue weighted by atomic mass is 32.2. The topological polar surface area (TPSA) is 421 Å². The summed E-state index contributed by atoms with van der Waals surface area (Å²) in [4.78, 5) is 106. The number of methoxy groups -OCH3 is 1. The predicted octanol–water partition coefficient (Wildman–Crippen LogP) is -1.71. The first-order valence-electron chi connectivity index (χ1n) is 19.4. The molecule has 3 rings (SSSR count). The van der Waals surface area contributed by atoms with Gasteiger partial charge in [0.25, 0.3) is 15.6 Å². The van der Waals surface area contributed by atoms with E-state index in [4.69, 9.17) is 15.6 Å². The van der Waals surface area contributed by atoms with Crippen molar-refractivity contribution in [2.75, 3.05) is 52.0 Å². The van der Waals surface area contributed by atoms with Crippen molar-refractivity contribution in [2.45, 2.75) is 103 Å². The number of nitrogens with zero attached hydrogens (tertiary/aromatic N) is 4. The maximum Gasteiger partial charge on any atom is 0.305 e. The summed E-state index contributed by atoms with van der Waals surface area (Å²) in [6.07, 6.45) is -2.89. The molecule has 2 aromatic rings. The highest BCUT2D eigenvalue weighted by Gasteiger charge is 2.47. The number of rotatable bonds is 25. The predicted molar refractivity (Wildman–Crippen MR) is 217 cm³/mol. The Morgan fingerprint density at radius 3 is 2.20 bits per heavy atom. The second kappa shape index (κ2) is 28.2. The van der Waals surface area contributed by atoms with Crippen molar-refractivity contribution in [3.05, 3.63) is 12.7 Å². The van der Waals surface area contributed by atoms with Crippen LogP contribution in [-0.2, 0) is 60.2 Å². The van der Waals surface area contributed by atoms with Gasteiger partial charge in [0.2, 0.25) is 11.8 Å². The highest BCUT2D eigenvalue weighted by Crippen LogP contribution is 2.56. The lowest BCUT2D eigenvalue weighted by atomic mass is 9.87. The van der Waals surface area contributed by atoms with Gasteiger partial charge in [0.05, 0.1) is 34.5 Å². The molecule has 368 valence electrons. The second-order valence-electron chi connectivity index (χ2n) is 14.0. The quantitative estimate of drug-likeness (QED) is 0.0366. The van der Waals surface area contributed by atoms with Crippen LogP contribution in [-0.4, -0.2) is 128 Å². The van der Waals surface area contributed by atoms with Gasteiger partial charge < -0.3 is 78.9 Å². The van der Waals surface area contributed by atoms with E-state index in [0.29, 0.717) is 18.6 Å². The number of nitrogens with one attached hydrogen (secondary N) is 2. The number of nitrogen functional groups attached to an aromatic ring is 1. The Morgan fingerprint density at radius 2 is 1.59 bits per heavy atom. The zero-order chi connectivity index (χ0) is 48.9. The van der Waals surface area contributed by atoms with E-state index < -0.39 is 84.6 Å². The zero-order valence-corrected chi connectivity index (χ0v) is 39.4. The molecule has 7 atom stereocenters. The molecule has 7 unspecified atom stereocenters. The van der Waals surface area contributed by atoms with Crippen molar-refractivity contribution in [1.29, 1.82) is 0 Å². The Morgan fingerprint density at radius 1 is 0.969 bits per heavy atom. The number of aromatic nitrogens is 4. The normalized spacial score (nSPS) is 19.8. The van der Waals surface area contributed by atoms with Crippen molar-refractivity contribution in [2.24, 2.45) is 5.41 Å². The average Bonchev–Trinajstić information content (AvgIpc) is 3.79. The van der Waals surface area contributed by atoms with E-state index in [1.54, 1.807) is 0 Å². The monoisotopic (exact) mass is 995 g/mol. The Hall–Kier alpha value is -3.01. The number of carbonyl (C=O) groups excluding carboxylic acids is 4. The smallest absolute Gasteiger partial charge is 0.305 e. The molecular weight excluding hydrogens is 939 g/mol. The molecule has 1 fully saturated rings. The lowest BCUT2D eigenvalue weighted by molar-refractivity contribution is -0.347. The number of aliphatic hydroxyl groups is 3. The van der Waals surface area contributed by atoms with Crippen molar-refractivity contribution >= 4 is 75.1 Å². The largest absolute Gasteiger partial charge is 0.790 e. The number of hydrogen-bond acceptors (Lipinski definition) is 25. The van der Waals surface area contributed by atoms with Crippen molar-refractivity contribution in [3.8, 4) is 0 Å². The number of amides is 2. The summed E-state index contributed by atoms with van der Waals surface area (Å²) in [6.45, 7) is 4.16. The molecule has 1 saturated heterocycles. The van der Waals surface area contributed by atoms with Gasteiger partial charge in [-0.05, 0) is 12.8 Å². The van der Waals surface area contributed by atoms with Crippen LogP contribution in [0.2, 0.25) is 0 Å². The van der Waals surface area contributed by atoms with Crippen LogP contribution in [0.5, 0.6) is 0 Å². The van der Waals surface area contributed by atoms with Crippen LogP contribution in [0.4, 0.5) is 5.82 Å². The van der Waals surface area contributed by atoms with E-state index in [2.05, 4.69) is 48.2 Å². The second-order valence-corrected chi connectivity index (χ2v) is 19.2. The van der Waals surface area contributed by atoms with Gasteiger partial charge in [-0.25, -0.2) is 19.3 Å². The van der Waals surface area contributed by atoms with Crippen molar-refractivity contribution < 1.29 is 95.1 Å². The van der Waals surface area contributed by atoms with Gasteiger partial charge in [0.15, 0.2) is 22.8 Å². The molecule has 0 saturated carbocycles. The molecule has 3 heterocycles. The first kappa shape index (κ1) is 59.0. The number of aliphatic hydroxyl groups excluding tert-OH is 3. The minimum Gasteiger partial charge on any atom is -0.790 e. The van der Waals surface area contributed by atoms with Crippen LogP contribution >= 0.6 is 35.2 Å². The maximum atomic E-state index is 12.5. The van der Waals surface area contributed by atoms with Crippen molar-refractivity contribution in [3.63, 3.8) is 0 Å². The average molecular weight is 996 g/mol. The summed E-state index contributed by atoms with van der Waals surface area (Å²) >= 11 is 1.10. The maximum absolute atomic E-state index is 12.5. The van der Waals surface area contributed by atoms with Gasteiger partial charge in [0.1, 0.15) is 36.3 Å². The number of fused-ring (bicyclic) bond motifs is 1. The number of esters is 1. The Bertz CT molecular complexity index is 1940. The van der Waals surface area contributed by atoms with Crippen molar-refractivity contribution in [1.82, 2.24) is 30.2 Å². The number of nitrogens with two attached hydrogens (primary N) is 1. The third-order valence-electron chi connectivity index (χ3n) is 8.44. The number of hydrogen-bond donors (Lipinski definition) is 6. The van der Waals surface area contributed by atoms with Crippen LogP contribution in [0.3, 0.4) is 0 Å².